The Hall–Kier alpha value is -1.95. The fraction of sp³-hybridized carbons (Fsp3) is 0.182. The smallest absolute Gasteiger partial charge is 0.385 e. The molecule has 1 aliphatic heterocycles. The number of thiophene rings is 1. The van der Waals surface area contributed by atoms with Crippen LogP contribution < -0.4 is 0 Å². The Morgan fingerprint density at radius 2 is 2.24 bits per heavy atom. The Balaban J connectivity index is 2.46. The Labute approximate surface area is 101 Å². The molecule has 0 atom stereocenters. The first-order valence-electron chi connectivity index (χ1n) is 4.87. The molecule has 1 aliphatic rings. The van der Waals surface area contributed by atoms with Crippen molar-refractivity contribution in [2.45, 2.75) is 6.92 Å². The van der Waals surface area contributed by atoms with Gasteiger partial charge in [-0.1, -0.05) is 6.07 Å². The van der Waals surface area contributed by atoms with E-state index >= 15 is 0 Å². The molecule has 6 heteroatoms. The summed E-state index contributed by atoms with van der Waals surface area (Å²) in [7, 11) is 0. The highest BCUT2D eigenvalue weighted by Gasteiger charge is 2.40. The number of carbonyl (C=O) groups excluding carboxylic acids is 3. The maximum absolute atomic E-state index is 11.6. The van der Waals surface area contributed by atoms with Gasteiger partial charge in [0.2, 0.25) is 0 Å². The van der Waals surface area contributed by atoms with E-state index in [1.165, 1.54) is 11.3 Å². The van der Waals surface area contributed by atoms with Gasteiger partial charge in [-0.2, -0.15) is 0 Å². The largest absolute Gasteiger partial charge is 0.462 e. The zero-order chi connectivity index (χ0) is 12.4. The molecule has 0 radical (unpaired) electrons. The van der Waals surface area contributed by atoms with Crippen LogP contribution in [0.5, 0.6) is 0 Å². The molecule has 17 heavy (non-hydrogen) atoms. The van der Waals surface area contributed by atoms with Crippen molar-refractivity contribution in [3.8, 4) is 0 Å². The molecule has 0 bridgehead atoms. The molecule has 88 valence electrons. The number of rotatable bonds is 3. The minimum Gasteiger partial charge on any atom is -0.462 e. The van der Waals surface area contributed by atoms with Crippen LogP contribution in [0.4, 0.5) is 0 Å². The van der Waals surface area contributed by atoms with E-state index in [4.69, 9.17) is 9.47 Å². The van der Waals surface area contributed by atoms with E-state index in [1.807, 2.05) is 0 Å². The van der Waals surface area contributed by atoms with Crippen molar-refractivity contribution >= 4 is 34.8 Å². The van der Waals surface area contributed by atoms with Gasteiger partial charge in [-0.05, 0) is 18.4 Å². The number of hydrogen-bond donors (Lipinski definition) is 0. The van der Waals surface area contributed by atoms with Crippen molar-refractivity contribution in [1.29, 1.82) is 0 Å². The Kier molecular flexibility index (Phi) is 3.06. The number of Topliss-reactive ketones (excluding diaryl/α,β-unsaturated/α-hetero) is 1. The fourth-order valence-corrected chi connectivity index (χ4v) is 2.08. The van der Waals surface area contributed by atoms with Crippen LogP contribution in [-0.2, 0) is 23.9 Å². The minimum atomic E-state index is -1.04. The molecule has 0 fully saturated rings. The number of ketones is 1. The van der Waals surface area contributed by atoms with Crippen LogP contribution in [0.2, 0.25) is 0 Å². The molecule has 1 aromatic rings. The SMILES string of the molecule is CCOC(=O)C1=C(c2cccs2)OC(=O)C1=O. The van der Waals surface area contributed by atoms with Crippen LogP contribution in [0.3, 0.4) is 0 Å². The molecule has 0 saturated carbocycles. The average molecular weight is 252 g/mol. The number of esters is 2. The van der Waals surface area contributed by atoms with Gasteiger partial charge in [-0.15, -0.1) is 11.3 Å². The quantitative estimate of drug-likeness (QED) is 0.458. The van der Waals surface area contributed by atoms with Crippen molar-refractivity contribution in [3.63, 3.8) is 0 Å². The number of hydrogen-bond acceptors (Lipinski definition) is 6. The van der Waals surface area contributed by atoms with Crippen LogP contribution in [0.25, 0.3) is 5.76 Å². The summed E-state index contributed by atoms with van der Waals surface area (Å²) >= 11 is 1.27. The zero-order valence-electron chi connectivity index (χ0n) is 8.89. The van der Waals surface area contributed by atoms with E-state index in [2.05, 4.69) is 0 Å². The van der Waals surface area contributed by atoms with Gasteiger partial charge in [0.25, 0.3) is 5.78 Å². The van der Waals surface area contributed by atoms with Gasteiger partial charge in [-0.25, -0.2) is 9.59 Å². The van der Waals surface area contributed by atoms with E-state index in [-0.39, 0.29) is 17.9 Å². The first-order valence-corrected chi connectivity index (χ1v) is 5.75. The molecule has 0 unspecified atom stereocenters. The summed E-state index contributed by atoms with van der Waals surface area (Å²) in [6.07, 6.45) is 0. The maximum Gasteiger partial charge on any atom is 0.385 e. The second kappa shape index (κ2) is 4.50. The van der Waals surface area contributed by atoms with E-state index < -0.39 is 17.7 Å². The van der Waals surface area contributed by atoms with Crippen molar-refractivity contribution in [2.24, 2.45) is 0 Å². The standard InChI is InChI=1S/C11H8O5S/c1-2-15-10(13)7-8(12)11(14)16-9(7)6-4-3-5-17-6/h3-5H,2H2,1H3. The van der Waals surface area contributed by atoms with Gasteiger partial charge in [-0.3, -0.25) is 4.79 Å². The first-order chi connectivity index (χ1) is 8.15. The van der Waals surface area contributed by atoms with Crippen LogP contribution in [0.1, 0.15) is 11.8 Å². The third-order valence-electron chi connectivity index (χ3n) is 2.06. The molecule has 0 aliphatic carbocycles. The third-order valence-corrected chi connectivity index (χ3v) is 2.93. The average Bonchev–Trinajstić information content (AvgIpc) is 2.88. The Morgan fingerprint density at radius 3 is 2.82 bits per heavy atom. The third kappa shape index (κ3) is 1.99. The van der Waals surface area contributed by atoms with Crippen LogP contribution >= 0.6 is 11.3 Å². The lowest BCUT2D eigenvalue weighted by atomic mass is 10.1. The highest BCUT2D eigenvalue weighted by molar-refractivity contribution is 7.11. The molecule has 1 aromatic heterocycles. The second-order valence-electron chi connectivity index (χ2n) is 3.12. The molecule has 0 aromatic carbocycles. The van der Waals surface area contributed by atoms with Crippen LogP contribution in [0, 0.1) is 0 Å². The number of carbonyl (C=O) groups is 3. The van der Waals surface area contributed by atoms with Crippen molar-refractivity contribution < 1.29 is 23.9 Å². The molecule has 0 spiro atoms. The summed E-state index contributed by atoms with van der Waals surface area (Å²) in [4.78, 5) is 34.8. The predicted molar refractivity (Wildman–Crippen MR) is 59.0 cm³/mol. The summed E-state index contributed by atoms with van der Waals surface area (Å²) in [6, 6.07) is 3.39. The highest BCUT2D eigenvalue weighted by atomic mass is 32.1. The van der Waals surface area contributed by atoms with E-state index in [0.29, 0.717) is 4.88 Å². The molecule has 0 amide bonds. The van der Waals surface area contributed by atoms with Crippen molar-refractivity contribution in [2.75, 3.05) is 6.61 Å². The maximum atomic E-state index is 11.6. The molecule has 5 nitrogen and oxygen atoms in total. The van der Waals surface area contributed by atoms with Crippen LogP contribution in [0.15, 0.2) is 23.1 Å². The summed E-state index contributed by atoms with van der Waals surface area (Å²) in [6.45, 7) is 1.74. The van der Waals surface area contributed by atoms with E-state index in [0.717, 1.165) is 0 Å². The Bertz CT molecular complexity index is 512. The highest BCUT2D eigenvalue weighted by Crippen LogP contribution is 2.30. The molecule has 2 heterocycles. The van der Waals surface area contributed by atoms with Crippen molar-refractivity contribution in [3.05, 3.63) is 28.0 Å². The number of ether oxygens (including phenoxy) is 2. The summed E-state index contributed by atoms with van der Waals surface area (Å²) in [5, 5.41) is 1.75. The van der Waals surface area contributed by atoms with Gasteiger partial charge in [0.15, 0.2) is 11.3 Å². The molecule has 0 N–H and O–H groups in total. The zero-order valence-corrected chi connectivity index (χ0v) is 9.71. The normalized spacial score (nSPS) is 15.1. The summed E-state index contributed by atoms with van der Waals surface area (Å²) < 4.78 is 9.53. The van der Waals surface area contributed by atoms with Gasteiger partial charge < -0.3 is 9.47 Å². The van der Waals surface area contributed by atoms with Crippen LogP contribution in [-0.4, -0.2) is 24.3 Å². The molecular weight excluding hydrogens is 244 g/mol. The number of cyclic esters (lactones) is 1. The van der Waals surface area contributed by atoms with Gasteiger partial charge >= 0.3 is 11.9 Å². The first kappa shape index (κ1) is 11.5. The molecule has 0 saturated heterocycles. The lowest BCUT2D eigenvalue weighted by Gasteiger charge is -2.01. The monoisotopic (exact) mass is 252 g/mol. The second-order valence-corrected chi connectivity index (χ2v) is 4.07. The Morgan fingerprint density at radius 1 is 1.47 bits per heavy atom. The van der Waals surface area contributed by atoms with Gasteiger partial charge in [0, 0.05) is 0 Å². The van der Waals surface area contributed by atoms with E-state index in [9.17, 15) is 14.4 Å². The minimum absolute atomic E-state index is 0.00606. The predicted octanol–water partition coefficient (Wildman–Crippen LogP) is 1.15. The molecular formula is C11H8O5S. The fourth-order valence-electron chi connectivity index (χ4n) is 1.37. The van der Waals surface area contributed by atoms with E-state index in [1.54, 1.807) is 24.4 Å². The lowest BCUT2D eigenvalue weighted by Crippen LogP contribution is -2.17. The lowest BCUT2D eigenvalue weighted by molar-refractivity contribution is -0.147. The van der Waals surface area contributed by atoms with Crippen molar-refractivity contribution in [1.82, 2.24) is 0 Å². The summed E-state index contributed by atoms with van der Waals surface area (Å²) in [5.41, 5.74) is -0.320. The van der Waals surface area contributed by atoms with Gasteiger partial charge in [0.05, 0.1) is 11.5 Å². The topological polar surface area (TPSA) is 69.7 Å². The molecule has 2 rings (SSSR count). The summed E-state index contributed by atoms with van der Waals surface area (Å²) in [5.74, 6) is -2.83. The van der Waals surface area contributed by atoms with Gasteiger partial charge in [0.1, 0.15) is 0 Å².